The van der Waals surface area contributed by atoms with Gasteiger partial charge in [-0.15, -0.1) is 0 Å². The topological polar surface area (TPSA) is 142 Å². The van der Waals surface area contributed by atoms with Gasteiger partial charge < -0.3 is 21.5 Å². The van der Waals surface area contributed by atoms with Crippen molar-refractivity contribution in [3.05, 3.63) is 0 Å². The van der Waals surface area contributed by atoms with E-state index in [0.29, 0.717) is 12.3 Å². The van der Waals surface area contributed by atoms with Gasteiger partial charge in [0.25, 0.3) is 5.91 Å². The first-order valence-corrected chi connectivity index (χ1v) is 9.07. The number of nitrogens with two attached hydrogens (primary N) is 2. The van der Waals surface area contributed by atoms with Gasteiger partial charge in [0.15, 0.2) is 6.10 Å². The summed E-state index contributed by atoms with van der Waals surface area (Å²) in [6.45, 7) is 2.01. The molecule has 0 aromatic carbocycles. The van der Waals surface area contributed by atoms with E-state index in [1.807, 2.05) is 0 Å². The van der Waals surface area contributed by atoms with Crippen molar-refractivity contribution >= 4 is 45.3 Å². The van der Waals surface area contributed by atoms with Crippen LogP contribution in [0.4, 0.5) is 0 Å². The Kier molecular flexibility index (Phi) is 11.4. The summed E-state index contributed by atoms with van der Waals surface area (Å²) >= 11 is 0. The standard InChI is InChI=1S/C12H21N3O5S2/c1-8(16)15-5-7-22-21-6-4-11(18)20-9(12(14)19)2-3-10(13)17/h9H,2-7H2,1H3,(H2,13,17)(H2,14,19)(H,15,16). The zero-order valence-corrected chi connectivity index (χ0v) is 14.0. The molecule has 0 spiro atoms. The van der Waals surface area contributed by atoms with E-state index >= 15 is 0 Å². The molecule has 0 heterocycles. The lowest BCUT2D eigenvalue weighted by Crippen LogP contribution is -2.34. The summed E-state index contributed by atoms with van der Waals surface area (Å²) in [4.78, 5) is 43.9. The summed E-state index contributed by atoms with van der Waals surface area (Å²) in [7, 11) is 2.98. The molecule has 0 aromatic rings. The maximum absolute atomic E-state index is 11.6. The molecule has 5 N–H and O–H groups in total. The number of nitrogens with one attached hydrogen (secondary N) is 1. The fraction of sp³-hybridized carbons (Fsp3) is 0.667. The van der Waals surface area contributed by atoms with Crippen molar-refractivity contribution in [1.29, 1.82) is 0 Å². The molecule has 0 radical (unpaired) electrons. The third-order valence-corrected chi connectivity index (χ3v) is 4.68. The van der Waals surface area contributed by atoms with E-state index in [-0.39, 0.29) is 25.2 Å². The number of esters is 1. The molecule has 0 rings (SSSR count). The molecule has 126 valence electrons. The Hall–Kier alpha value is -1.42. The van der Waals surface area contributed by atoms with Crippen LogP contribution in [0.3, 0.4) is 0 Å². The van der Waals surface area contributed by atoms with Crippen molar-refractivity contribution in [2.24, 2.45) is 11.5 Å². The predicted molar refractivity (Wildman–Crippen MR) is 85.7 cm³/mol. The van der Waals surface area contributed by atoms with Crippen molar-refractivity contribution in [2.45, 2.75) is 32.3 Å². The second-order valence-corrected chi connectivity index (χ2v) is 6.96. The molecule has 10 heteroatoms. The molecular formula is C12H21N3O5S2. The number of primary amides is 2. The molecule has 0 fully saturated rings. The number of ether oxygens (including phenoxy) is 1. The van der Waals surface area contributed by atoms with Crippen LogP contribution in [0.1, 0.15) is 26.2 Å². The summed E-state index contributed by atoms with van der Waals surface area (Å²) in [5.41, 5.74) is 10.1. The molecule has 0 aliphatic carbocycles. The second kappa shape index (κ2) is 12.2. The molecule has 0 bridgehead atoms. The number of hydrogen-bond donors (Lipinski definition) is 3. The minimum atomic E-state index is -1.13. The first-order valence-electron chi connectivity index (χ1n) is 6.59. The lowest BCUT2D eigenvalue weighted by Gasteiger charge is -2.13. The van der Waals surface area contributed by atoms with E-state index in [4.69, 9.17) is 16.2 Å². The maximum atomic E-state index is 11.6. The Morgan fingerprint density at radius 2 is 1.73 bits per heavy atom. The summed E-state index contributed by atoms with van der Waals surface area (Å²) in [5.74, 6) is -0.793. The van der Waals surface area contributed by atoms with Gasteiger partial charge in [-0.05, 0) is 0 Å². The third-order valence-electron chi connectivity index (χ3n) is 2.28. The molecule has 1 unspecified atom stereocenters. The van der Waals surface area contributed by atoms with Crippen LogP contribution in [-0.2, 0) is 23.9 Å². The quantitative estimate of drug-likeness (QED) is 0.246. The van der Waals surface area contributed by atoms with Gasteiger partial charge in [-0.3, -0.25) is 19.2 Å². The molecule has 8 nitrogen and oxygen atoms in total. The molecule has 22 heavy (non-hydrogen) atoms. The first-order chi connectivity index (χ1) is 10.3. The van der Waals surface area contributed by atoms with Crippen LogP contribution in [0.2, 0.25) is 0 Å². The van der Waals surface area contributed by atoms with E-state index in [2.05, 4.69) is 5.32 Å². The zero-order valence-electron chi connectivity index (χ0n) is 12.3. The van der Waals surface area contributed by atoms with Gasteiger partial charge in [0.1, 0.15) is 0 Å². The van der Waals surface area contributed by atoms with Crippen LogP contribution in [0.15, 0.2) is 0 Å². The van der Waals surface area contributed by atoms with Gasteiger partial charge in [0.05, 0.1) is 6.42 Å². The van der Waals surface area contributed by atoms with Gasteiger partial charge in [0.2, 0.25) is 11.8 Å². The first kappa shape index (κ1) is 20.6. The zero-order chi connectivity index (χ0) is 17.0. The summed E-state index contributed by atoms with van der Waals surface area (Å²) < 4.78 is 4.92. The highest BCUT2D eigenvalue weighted by molar-refractivity contribution is 8.76. The highest BCUT2D eigenvalue weighted by atomic mass is 33.1. The number of carbonyl (C=O) groups excluding carboxylic acids is 4. The van der Waals surface area contributed by atoms with E-state index in [1.54, 1.807) is 0 Å². The van der Waals surface area contributed by atoms with Crippen LogP contribution in [0.25, 0.3) is 0 Å². The Morgan fingerprint density at radius 3 is 2.27 bits per heavy atom. The van der Waals surface area contributed by atoms with Crippen molar-refractivity contribution in [1.82, 2.24) is 5.32 Å². The van der Waals surface area contributed by atoms with Crippen molar-refractivity contribution in [3.63, 3.8) is 0 Å². The number of carbonyl (C=O) groups is 4. The minimum Gasteiger partial charge on any atom is -0.452 e. The smallest absolute Gasteiger partial charge is 0.307 e. The van der Waals surface area contributed by atoms with Crippen molar-refractivity contribution in [2.75, 3.05) is 18.1 Å². The van der Waals surface area contributed by atoms with Crippen LogP contribution < -0.4 is 16.8 Å². The lowest BCUT2D eigenvalue weighted by atomic mass is 10.2. The van der Waals surface area contributed by atoms with Gasteiger partial charge >= 0.3 is 5.97 Å². The van der Waals surface area contributed by atoms with Crippen molar-refractivity contribution in [3.8, 4) is 0 Å². The summed E-state index contributed by atoms with van der Waals surface area (Å²) in [6, 6.07) is 0. The molecule has 0 aromatic heterocycles. The average molecular weight is 351 g/mol. The van der Waals surface area contributed by atoms with Crippen LogP contribution in [0, 0.1) is 0 Å². The Bertz CT molecular complexity index is 406. The number of rotatable bonds is 12. The minimum absolute atomic E-state index is 0.00495. The monoisotopic (exact) mass is 351 g/mol. The van der Waals surface area contributed by atoms with E-state index in [0.717, 1.165) is 5.75 Å². The van der Waals surface area contributed by atoms with E-state index in [1.165, 1.54) is 28.5 Å². The molecule has 0 saturated heterocycles. The van der Waals surface area contributed by atoms with Crippen LogP contribution in [0.5, 0.6) is 0 Å². The molecule has 0 saturated carbocycles. The molecule has 0 aliphatic rings. The Labute approximate surface area is 136 Å². The Morgan fingerprint density at radius 1 is 1.09 bits per heavy atom. The highest BCUT2D eigenvalue weighted by Crippen LogP contribution is 2.21. The van der Waals surface area contributed by atoms with E-state index < -0.39 is 23.9 Å². The fourth-order valence-corrected chi connectivity index (χ4v) is 3.14. The highest BCUT2D eigenvalue weighted by Gasteiger charge is 2.20. The molecule has 1 atom stereocenters. The van der Waals surface area contributed by atoms with Gasteiger partial charge in [-0.25, -0.2) is 0 Å². The molecule has 3 amide bonds. The largest absolute Gasteiger partial charge is 0.452 e. The van der Waals surface area contributed by atoms with Gasteiger partial charge in [0, 0.05) is 37.8 Å². The summed E-state index contributed by atoms with van der Waals surface area (Å²) in [6.07, 6.45) is -1.08. The fourth-order valence-electron chi connectivity index (χ4n) is 1.26. The summed E-state index contributed by atoms with van der Waals surface area (Å²) in [5, 5.41) is 2.65. The van der Waals surface area contributed by atoms with E-state index in [9.17, 15) is 19.2 Å². The number of amides is 3. The SMILES string of the molecule is CC(=O)NCCSSCCC(=O)OC(CCC(N)=O)C(N)=O. The lowest BCUT2D eigenvalue weighted by molar-refractivity contribution is -0.155. The average Bonchev–Trinajstić information content (AvgIpc) is 2.41. The van der Waals surface area contributed by atoms with Gasteiger partial charge in [-0.1, -0.05) is 21.6 Å². The van der Waals surface area contributed by atoms with Crippen molar-refractivity contribution < 1.29 is 23.9 Å². The Balaban J connectivity index is 3.79. The predicted octanol–water partition coefficient (Wildman–Crippen LogP) is -0.443. The third kappa shape index (κ3) is 12.3. The molecule has 0 aliphatic heterocycles. The normalized spacial score (nSPS) is 11.5. The second-order valence-electron chi connectivity index (χ2n) is 4.26. The molecular weight excluding hydrogens is 330 g/mol. The van der Waals surface area contributed by atoms with Crippen LogP contribution in [-0.4, -0.2) is 47.8 Å². The van der Waals surface area contributed by atoms with Gasteiger partial charge in [-0.2, -0.15) is 0 Å². The van der Waals surface area contributed by atoms with Crippen LogP contribution >= 0.6 is 21.6 Å². The maximum Gasteiger partial charge on any atom is 0.307 e. The number of hydrogen-bond acceptors (Lipinski definition) is 7.